The molecule has 25 heavy (non-hydrogen) atoms. The molecule has 0 radical (unpaired) electrons. The van der Waals surface area contributed by atoms with Gasteiger partial charge in [-0.15, -0.1) is 11.8 Å². The zero-order valence-corrected chi connectivity index (χ0v) is 14.4. The van der Waals surface area contributed by atoms with Crippen molar-refractivity contribution in [3.8, 4) is 0 Å². The summed E-state index contributed by atoms with van der Waals surface area (Å²) in [7, 11) is 1.95. The van der Waals surface area contributed by atoms with E-state index in [1.165, 1.54) is 17.8 Å². The van der Waals surface area contributed by atoms with Crippen molar-refractivity contribution in [2.24, 2.45) is 7.05 Å². The van der Waals surface area contributed by atoms with Crippen molar-refractivity contribution in [3.63, 3.8) is 0 Å². The molecule has 3 aromatic rings. The first-order valence-electron chi connectivity index (χ1n) is 7.79. The summed E-state index contributed by atoms with van der Waals surface area (Å²) in [5.41, 5.74) is 1.98. The Kier molecular flexibility index (Phi) is 5.33. The third-order valence-electron chi connectivity index (χ3n) is 3.81. The number of rotatable bonds is 6. The van der Waals surface area contributed by atoms with Gasteiger partial charge in [0.25, 0.3) is 0 Å². The fourth-order valence-corrected chi connectivity index (χ4v) is 3.25. The van der Waals surface area contributed by atoms with E-state index in [4.69, 9.17) is 0 Å². The number of halogens is 2. The molecule has 3 rings (SSSR count). The first-order valence-corrected chi connectivity index (χ1v) is 8.78. The van der Waals surface area contributed by atoms with E-state index in [1.54, 1.807) is 0 Å². The molecule has 1 aromatic heterocycles. The number of aryl methyl sites for hydroxylation is 1. The minimum absolute atomic E-state index is 0.146. The second-order valence-electron chi connectivity index (χ2n) is 5.54. The first-order chi connectivity index (χ1) is 12.0. The number of hydrogen-bond acceptors (Lipinski definition) is 3. The summed E-state index contributed by atoms with van der Waals surface area (Å²) in [4.78, 5) is 17.0. The zero-order valence-electron chi connectivity index (χ0n) is 13.6. The molecule has 0 atom stereocenters. The van der Waals surface area contributed by atoms with Gasteiger partial charge in [0.2, 0.25) is 5.91 Å². The lowest BCUT2D eigenvalue weighted by atomic mass is 10.3. The number of nitrogens with one attached hydrogen (secondary N) is 1. The van der Waals surface area contributed by atoms with E-state index < -0.39 is 11.6 Å². The predicted octanol–water partition coefficient (Wildman–Crippen LogP) is 3.30. The van der Waals surface area contributed by atoms with Gasteiger partial charge in [0, 0.05) is 24.9 Å². The molecule has 0 fully saturated rings. The normalized spacial score (nSPS) is 11.0. The molecular weight excluding hydrogens is 344 g/mol. The van der Waals surface area contributed by atoms with Crippen molar-refractivity contribution in [2.45, 2.75) is 11.3 Å². The molecular formula is C18H17F2N3OS. The molecule has 0 saturated heterocycles. The van der Waals surface area contributed by atoms with Crippen LogP contribution in [0.5, 0.6) is 0 Å². The van der Waals surface area contributed by atoms with Crippen LogP contribution in [0.2, 0.25) is 0 Å². The Morgan fingerprint density at radius 3 is 2.76 bits per heavy atom. The summed E-state index contributed by atoms with van der Waals surface area (Å²) in [5.74, 6) is -0.917. The van der Waals surface area contributed by atoms with Crippen LogP contribution < -0.4 is 5.32 Å². The summed E-state index contributed by atoms with van der Waals surface area (Å²) in [6, 6.07) is 11.5. The monoisotopic (exact) mass is 361 g/mol. The highest BCUT2D eigenvalue weighted by Gasteiger charge is 2.09. The minimum Gasteiger partial charge on any atom is -0.355 e. The summed E-state index contributed by atoms with van der Waals surface area (Å²) < 4.78 is 28.0. The molecule has 1 heterocycles. The van der Waals surface area contributed by atoms with Gasteiger partial charge in [-0.3, -0.25) is 4.79 Å². The second kappa shape index (κ2) is 7.65. The topological polar surface area (TPSA) is 46.9 Å². The van der Waals surface area contributed by atoms with Gasteiger partial charge >= 0.3 is 0 Å². The maximum Gasteiger partial charge on any atom is 0.230 e. The maximum atomic E-state index is 13.1. The molecule has 4 nitrogen and oxygen atoms in total. The Labute approximate surface area is 148 Å². The number of para-hydroxylation sites is 2. The van der Waals surface area contributed by atoms with E-state index in [2.05, 4.69) is 10.3 Å². The Morgan fingerprint density at radius 1 is 1.20 bits per heavy atom. The third kappa shape index (κ3) is 4.17. The lowest BCUT2D eigenvalue weighted by Crippen LogP contribution is -2.27. The van der Waals surface area contributed by atoms with Crippen LogP contribution in [0.1, 0.15) is 5.82 Å². The predicted molar refractivity (Wildman–Crippen MR) is 94.5 cm³/mol. The Hall–Kier alpha value is -2.41. The van der Waals surface area contributed by atoms with Crippen LogP contribution in [0.15, 0.2) is 47.4 Å². The maximum absolute atomic E-state index is 13.1. The van der Waals surface area contributed by atoms with Crippen LogP contribution >= 0.6 is 11.8 Å². The number of imidazole rings is 1. The van der Waals surface area contributed by atoms with Crippen LogP contribution in [-0.2, 0) is 18.3 Å². The van der Waals surface area contributed by atoms with Gasteiger partial charge in [-0.1, -0.05) is 12.1 Å². The summed E-state index contributed by atoms with van der Waals surface area (Å²) >= 11 is 1.17. The molecule has 0 bridgehead atoms. The average molecular weight is 361 g/mol. The molecule has 0 spiro atoms. The summed E-state index contributed by atoms with van der Waals surface area (Å²) in [6.07, 6.45) is 0.618. The molecule has 130 valence electrons. The zero-order chi connectivity index (χ0) is 17.8. The third-order valence-corrected chi connectivity index (χ3v) is 4.81. The second-order valence-corrected chi connectivity index (χ2v) is 6.59. The summed E-state index contributed by atoms with van der Waals surface area (Å²) in [5, 5.41) is 2.82. The van der Waals surface area contributed by atoms with Gasteiger partial charge in [-0.05, 0) is 30.3 Å². The van der Waals surface area contributed by atoms with Crippen molar-refractivity contribution in [3.05, 3.63) is 59.9 Å². The van der Waals surface area contributed by atoms with Crippen molar-refractivity contribution in [1.82, 2.24) is 14.9 Å². The van der Waals surface area contributed by atoms with Gasteiger partial charge in [0.05, 0.1) is 16.8 Å². The van der Waals surface area contributed by atoms with E-state index >= 15 is 0 Å². The average Bonchev–Trinajstić information content (AvgIpc) is 2.92. The molecule has 1 amide bonds. The van der Waals surface area contributed by atoms with Crippen LogP contribution in [0.25, 0.3) is 11.0 Å². The Balaban J connectivity index is 1.48. The molecule has 0 aliphatic carbocycles. The van der Waals surface area contributed by atoms with Gasteiger partial charge in [-0.2, -0.15) is 0 Å². The van der Waals surface area contributed by atoms with Crippen molar-refractivity contribution < 1.29 is 13.6 Å². The van der Waals surface area contributed by atoms with E-state index in [0.717, 1.165) is 29.0 Å². The molecule has 0 aliphatic rings. The van der Waals surface area contributed by atoms with Gasteiger partial charge < -0.3 is 9.88 Å². The van der Waals surface area contributed by atoms with Crippen LogP contribution in [0.3, 0.4) is 0 Å². The number of benzene rings is 2. The number of hydrogen-bond donors (Lipinski definition) is 1. The lowest BCUT2D eigenvalue weighted by Gasteiger charge is -2.06. The Bertz CT molecular complexity index is 910. The Morgan fingerprint density at radius 2 is 2.00 bits per heavy atom. The highest BCUT2D eigenvalue weighted by Crippen LogP contribution is 2.20. The number of aromatic nitrogens is 2. The molecule has 0 saturated carbocycles. The van der Waals surface area contributed by atoms with Crippen molar-refractivity contribution in [2.75, 3.05) is 12.3 Å². The van der Waals surface area contributed by atoms with Crippen molar-refractivity contribution >= 4 is 28.7 Å². The van der Waals surface area contributed by atoms with E-state index in [1.807, 2.05) is 35.9 Å². The number of thioether (sulfide) groups is 1. The smallest absolute Gasteiger partial charge is 0.230 e. The molecule has 7 heteroatoms. The summed E-state index contributed by atoms with van der Waals surface area (Å²) in [6.45, 7) is 0.467. The standard InChI is InChI=1S/C18H17F2N3OS/c1-23-16-5-3-2-4-15(16)22-17(23)8-9-21-18(24)11-25-12-6-7-13(19)14(20)10-12/h2-7,10H,8-9,11H2,1H3,(H,21,24). The fourth-order valence-electron chi connectivity index (χ4n) is 2.50. The minimum atomic E-state index is -0.910. The largest absolute Gasteiger partial charge is 0.355 e. The van der Waals surface area contributed by atoms with Crippen molar-refractivity contribution in [1.29, 1.82) is 0 Å². The first kappa shape index (κ1) is 17.4. The van der Waals surface area contributed by atoms with Crippen LogP contribution in [0, 0.1) is 11.6 Å². The van der Waals surface area contributed by atoms with E-state index in [-0.39, 0.29) is 11.7 Å². The molecule has 0 unspecified atom stereocenters. The van der Waals surface area contributed by atoms with Gasteiger partial charge in [0.1, 0.15) is 5.82 Å². The fraction of sp³-hybridized carbons (Fsp3) is 0.222. The van der Waals surface area contributed by atoms with Crippen LogP contribution in [-0.4, -0.2) is 27.8 Å². The number of amides is 1. The van der Waals surface area contributed by atoms with Crippen LogP contribution in [0.4, 0.5) is 8.78 Å². The molecule has 1 N–H and O–H groups in total. The number of carbonyl (C=O) groups is 1. The highest BCUT2D eigenvalue weighted by atomic mass is 32.2. The molecule has 2 aromatic carbocycles. The van der Waals surface area contributed by atoms with E-state index in [0.29, 0.717) is 17.9 Å². The lowest BCUT2D eigenvalue weighted by molar-refractivity contribution is -0.118. The quantitative estimate of drug-likeness (QED) is 0.685. The SMILES string of the molecule is Cn1c(CCNC(=O)CSc2ccc(F)c(F)c2)nc2ccccc21. The van der Waals surface area contributed by atoms with E-state index in [9.17, 15) is 13.6 Å². The number of fused-ring (bicyclic) bond motifs is 1. The van der Waals surface area contributed by atoms with Gasteiger partial charge in [-0.25, -0.2) is 13.8 Å². The number of carbonyl (C=O) groups excluding carboxylic acids is 1. The number of nitrogens with zero attached hydrogens (tertiary/aromatic N) is 2. The highest BCUT2D eigenvalue weighted by molar-refractivity contribution is 8.00. The molecule has 0 aliphatic heterocycles. The van der Waals surface area contributed by atoms with Gasteiger partial charge in [0.15, 0.2) is 11.6 Å².